The van der Waals surface area contributed by atoms with E-state index in [1.807, 2.05) is 6.07 Å². The van der Waals surface area contributed by atoms with Gasteiger partial charge in [-0.25, -0.2) is 4.98 Å². The van der Waals surface area contributed by atoms with Crippen LogP contribution in [0.2, 0.25) is 5.15 Å². The third-order valence-corrected chi connectivity index (χ3v) is 3.91. The molecule has 0 spiro atoms. The molecule has 0 aromatic carbocycles. The normalized spacial score (nSPS) is 18.2. The summed E-state index contributed by atoms with van der Waals surface area (Å²) in [6.07, 6.45) is 5.41. The monoisotopic (exact) mass is 274 g/mol. The number of pyridine rings is 1. The minimum Gasteiger partial charge on any atom is -0.324 e. The topological polar surface area (TPSA) is 38.9 Å². The van der Waals surface area contributed by atoms with Crippen molar-refractivity contribution in [2.75, 3.05) is 0 Å². The van der Waals surface area contributed by atoms with Crippen LogP contribution in [0.25, 0.3) is 0 Å². The Balaban J connectivity index is 2.16. The first-order valence-corrected chi connectivity index (χ1v) is 5.91. The van der Waals surface area contributed by atoms with Crippen LogP contribution in [-0.4, -0.2) is 4.98 Å². The molecule has 0 bridgehead atoms. The Morgan fingerprint density at radius 2 is 2.36 bits per heavy atom. The number of halogens is 2. The molecular formula is C10H12BrClN2. The van der Waals surface area contributed by atoms with Gasteiger partial charge in [-0.2, -0.15) is 0 Å². The number of nitrogens with two attached hydrogens (primary N) is 1. The van der Waals surface area contributed by atoms with Crippen LogP contribution in [0.1, 0.15) is 30.9 Å². The summed E-state index contributed by atoms with van der Waals surface area (Å²) in [5, 5.41) is 0.494. The first kappa shape index (κ1) is 10.4. The first-order chi connectivity index (χ1) is 6.68. The van der Waals surface area contributed by atoms with Crippen molar-refractivity contribution < 1.29 is 0 Å². The molecule has 1 heterocycles. The summed E-state index contributed by atoms with van der Waals surface area (Å²) >= 11 is 9.31. The van der Waals surface area contributed by atoms with E-state index in [-0.39, 0.29) is 6.04 Å². The van der Waals surface area contributed by atoms with Crippen molar-refractivity contribution in [3.05, 3.63) is 27.5 Å². The zero-order valence-electron chi connectivity index (χ0n) is 7.71. The molecule has 2 nitrogen and oxygen atoms in total. The lowest BCUT2D eigenvalue weighted by Gasteiger charge is -2.13. The molecule has 1 aliphatic carbocycles. The van der Waals surface area contributed by atoms with Gasteiger partial charge in [-0.05, 0) is 39.9 Å². The molecule has 0 amide bonds. The van der Waals surface area contributed by atoms with E-state index in [4.69, 9.17) is 17.3 Å². The standard InChI is InChI=1S/C10H12BrClN2/c11-9-7(3-4-14-10(9)12)8(13)5-6-1-2-6/h3-4,6,8H,1-2,5,13H2/t8-/m1/s1. The van der Waals surface area contributed by atoms with Crippen LogP contribution in [0.15, 0.2) is 16.7 Å². The lowest BCUT2D eigenvalue weighted by Crippen LogP contribution is -2.12. The molecule has 1 aliphatic rings. The molecule has 0 radical (unpaired) electrons. The highest BCUT2D eigenvalue weighted by atomic mass is 79.9. The fraction of sp³-hybridized carbons (Fsp3) is 0.500. The summed E-state index contributed by atoms with van der Waals surface area (Å²) in [4.78, 5) is 3.98. The summed E-state index contributed by atoms with van der Waals surface area (Å²) in [6, 6.07) is 2.01. The minimum absolute atomic E-state index is 0.0809. The van der Waals surface area contributed by atoms with Crippen molar-refractivity contribution in [3.63, 3.8) is 0 Å². The predicted octanol–water partition coefficient (Wildman–Crippen LogP) is 3.30. The fourth-order valence-electron chi connectivity index (χ4n) is 1.56. The first-order valence-electron chi connectivity index (χ1n) is 4.74. The third kappa shape index (κ3) is 2.27. The smallest absolute Gasteiger partial charge is 0.143 e. The van der Waals surface area contributed by atoms with E-state index in [1.54, 1.807) is 6.20 Å². The van der Waals surface area contributed by atoms with Gasteiger partial charge < -0.3 is 5.73 Å². The van der Waals surface area contributed by atoms with Crippen LogP contribution >= 0.6 is 27.5 Å². The molecular weight excluding hydrogens is 263 g/mol. The van der Waals surface area contributed by atoms with E-state index in [1.165, 1.54) is 12.8 Å². The van der Waals surface area contributed by atoms with Crippen molar-refractivity contribution in [2.24, 2.45) is 11.7 Å². The number of aromatic nitrogens is 1. The summed E-state index contributed by atoms with van der Waals surface area (Å²) in [5.74, 6) is 0.823. The van der Waals surface area contributed by atoms with Gasteiger partial charge in [0, 0.05) is 12.2 Å². The molecule has 0 saturated heterocycles. The summed E-state index contributed by atoms with van der Waals surface area (Å²) in [5.41, 5.74) is 7.16. The Hall–Kier alpha value is -0.120. The SMILES string of the molecule is N[C@H](CC1CC1)c1ccnc(Cl)c1Br. The van der Waals surface area contributed by atoms with Crippen LogP contribution in [0.3, 0.4) is 0 Å². The zero-order chi connectivity index (χ0) is 10.1. The average molecular weight is 276 g/mol. The van der Waals surface area contributed by atoms with E-state index >= 15 is 0 Å². The molecule has 0 aliphatic heterocycles. The van der Waals surface area contributed by atoms with Crippen molar-refractivity contribution >= 4 is 27.5 Å². The lowest BCUT2D eigenvalue weighted by atomic mass is 10.0. The predicted molar refractivity (Wildman–Crippen MR) is 61.2 cm³/mol. The maximum Gasteiger partial charge on any atom is 0.143 e. The molecule has 1 fully saturated rings. The van der Waals surface area contributed by atoms with Crippen LogP contribution in [0.5, 0.6) is 0 Å². The minimum atomic E-state index is 0.0809. The third-order valence-electron chi connectivity index (χ3n) is 2.56. The molecule has 0 unspecified atom stereocenters. The molecule has 1 aromatic rings. The quantitative estimate of drug-likeness (QED) is 0.860. The van der Waals surface area contributed by atoms with Gasteiger partial charge in [0.05, 0.1) is 4.47 Å². The van der Waals surface area contributed by atoms with Gasteiger partial charge in [0.15, 0.2) is 0 Å². The number of hydrogen-bond donors (Lipinski definition) is 1. The molecule has 2 N–H and O–H groups in total. The number of hydrogen-bond acceptors (Lipinski definition) is 2. The second kappa shape index (κ2) is 4.17. The molecule has 2 rings (SSSR count). The van der Waals surface area contributed by atoms with E-state index in [0.29, 0.717) is 5.15 Å². The Morgan fingerprint density at radius 3 is 3.00 bits per heavy atom. The zero-order valence-corrected chi connectivity index (χ0v) is 10.1. The van der Waals surface area contributed by atoms with E-state index < -0.39 is 0 Å². The summed E-state index contributed by atoms with van der Waals surface area (Å²) in [6.45, 7) is 0. The van der Waals surface area contributed by atoms with Gasteiger partial charge >= 0.3 is 0 Å². The molecule has 1 saturated carbocycles. The molecule has 1 atom stereocenters. The Morgan fingerprint density at radius 1 is 1.64 bits per heavy atom. The van der Waals surface area contributed by atoms with Gasteiger partial charge in [0.1, 0.15) is 5.15 Å². The average Bonchev–Trinajstić information content (AvgIpc) is 2.93. The second-order valence-electron chi connectivity index (χ2n) is 3.79. The Bertz CT molecular complexity index is 339. The fourth-order valence-corrected chi connectivity index (χ4v) is 2.25. The highest BCUT2D eigenvalue weighted by Gasteiger charge is 2.25. The van der Waals surface area contributed by atoms with Gasteiger partial charge in [-0.3, -0.25) is 0 Å². The van der Waals surface area contributed by atoms with Gasteiger partial charge in [0.2, 0.25) is 0 Å². The molecule has 1 aromatic heterocycles. The maximum absolute atomic E-state index is 6.09. The van der Waals surface area contributed by atoms with Gasteiger partial charge in [0.25, 0.3) is 0 Å². The largest absolute Gasteiger partial charge is 0.324 e. The number of rotatable bonds is 3. The summed E-state index contributed by atoms with van der Waals surface area (Å²) in [7, 11) is 0. The van der Waals surface area contributed by atoms with Crippen molar-refractivity contribution in [1.29, 1.82) is 0 Å². The lowest BCUT2D eigenvalue weighted by molar-refractivity contribution is 0.594. The Labute approximate surface area is 97.0 Å². The molecule has 4 heteroatoms. The maximum atomic E-state index is 6.09. The number of nitrogens with zero attached hydrogens (tertiary/aromatic N) is 1. The van der Waals surface area contributed by atoms with E-state index in [9.17, 15) is 0 Å². The van der Waals surface area contributed by atoms with Crippen LogP contribution in [-0.2, 0) is 0 Å². The summed E-state index contributed by atoms with van der Waals surface area (Å²) < 4.78 is 0.842. The highest BCUT2D eigenvalue weighted by Crippen LogP contribution is 2.38. The van der Waals surface area contributed by atoms with Crippen LogP contribution in [0, 0.1) is 5.92 Å². The van der Waals surface area contributed by atoms with Gasteiger partial charge in [-0.15, -0.1) is 0 Å². The van der Waals surface area contributed by atoms with E-state index in [0.717, 1.165) is 22.4 Å². The second-order valence-corrected chi connectivity index (χ2v) is 4.94. The van der Waals surface area contributed by atoms with E-state index in [2.05, 4.69) is 20.9 Å². The van der Waals surface area contributed by atoms with Crippen LogP contribution < -0.4 is 5.73 Å². The Kier molecular flexibility index (Phi) is 3.10. The van der Waals surface area contributed by atoms with Crippen LogP contribution in [0.4, 0.5) is 0 Å². The van der Waals surface area contributed by atoms with Crippen molar-refractivity contribution in [1.82, 2.24) is 4.98 Å². The molecule has 14 heavy (non-hydrogen) atoms. The van der Waals surface area contributed by atoms with Crippen molar-refractivity contribution in [2.45, 2.75) is 25.3 Å². The van der Waals surface area contributed by atoms with Crippen molar-refractivity contribution in [3.8, 4) is 0 Å². The highest BCUT2D eigenvalue weighted by molar-refractivity contribution is 9.10. The molecule has 76 valence electrons. The van der Waals surface area contributed by atoms with Gasteiger partial charge in [-0.1, -0.05) is 24.4 Å².